The monoisotopic (exact) mass is 195 g/mol. The summed E-state index contributed by atoms with van der Waals surface area (Å²) in [6.07, 6.45) is 1.06. The van der Waals surface area contributed by atoms with Gasteiger partial charge in [0, 0.05) is 7.05 Å². The van der Waals surface area contributed by atoms with Gasteiger partial charge in [-0.15, -0.1) is 5.10 Å². The first-order valence-electron chi connectivity index (χ1n) is 3.84. The Morgan fingerprint density at radius 2 is 2.46 bits per heavy atom. The third kappa shape index (κ3) is 1.61. The average molecular weight is 195 g/mol. The first-order chi connectivity index (χ1) is 6.27. The van der Waals surface area contributed by atoms with Gasteiger partial charge in [-0.2, -0.15) is 11.3 Å². The Morgan fingerprint density at radius 3 is 3.00 bits per heavy atom. The minimum absolute atomic E-state index is 0.584. The van der Waals surface area contributed by atoms with Crippen LogP contribution in [0.1, 0.15) is 17.4 Å². The van der Waals surface area contributed by atoms with E-state index < -0.39 is 6.10 Å². The predicted molar refractivity (Wildman–Crippen MR) is 49.4 cm³/mol. The van der Waals surface area contributed by atoms with Gasteiger partial charge in [0.1, 0.15) is 11.8 Å². The maximum absolute atomic E-state index is 9.78. The second kappa shape index (κ2) is 3.27. The lowest BCUT2D eigenvalue weighted by Crippen LogP contribution is -1.97. The fourth-order valence-corrected chi connectivity index (χ4v) is 1.77. The second-order valence-electron chi connectivity index (χ2n) is 2.78. The Labute approximate surface area is 79.4 Å². The molecule has 13 heavy (non-hydrogen) atoms. The molecule has 2 aromatic heterocycles. The maximum atomic E-state index is 9.78. The summed E-state index contributed by atoms with van der Waals surface area (Å²) in [6.45, 7) is 0. The Balaban J connectivity index is 2.28. The van der Waals surface area contributed by atoms with Gasteiger partial charge < -0.3 is 5.11 Å². The van der Waals surface area contributed by atoms with Crippen LogP contribution in [0.25, 0.3) is 0 Å². The minimum Gasteiger partial charge on any atom is -0.382 e. The number of aliphatic hydroxyl groups is 1. The molecule has 4 nitrogen and oxygen atoms in total. The Morgan fingerprint density at radius 1 is 1.62 bits per heavy atom. The molecule has 2 heterocycles. The highest BCUT2D eigenvalue weighted by Crippen LogP contribution is 2.21. The van der Waals surface area contributed by atoms with Crippen LogP contribution < -0.4 is 0 Å². The third-order valence-corrected chi connectivity index (χ3v) is 2.46. The molecule has 68 valence electrons. The summed E-state index contributed by atoms with van der Waals surface area (Å²) in [5.41, 5.74) is 1.45. The van der Waals surface area contributed by atoms with Crippen LogP contribution in [0.2, 0.25) is 0 Å². The lowest BCUT2D eigenvalue weighted by molar-refractivity contribution is 0.215. The number of aliphatic hydroxyl groups excluding tert-OH is 1. The molecule has 0 amide bonds. The van der Waals surface area contributed by atoms with Crippen molar-refractivity contribution in [3.8, 4) is 0 Å². The first-order valence-corrected chi connectivity index (χ1v) is 4.78. The van der Waals surface area contributed by atoms with Gasteiger partial charge in [-0.05, 0) is 22.4 Å². The van der Waals surface area contributed by atoms with Crippen molar-refractivity contribution >= 4 is 11.3 Å². The largest absolute Gasteiger partial charge is 0.382 e. The third-order valence-electron chi connectivity index (χ3n) is 1.76. The van der Waals surface area contributed by atoms with Crippen LogP contribution in [-0.2, 0) is 7.05 Å². The van der Waals surface area contributed by atoms with E-state index in [2.05, 4.69) is 10.3 Å². The van der Waals surface area contributed by atoms with E-state index in [0.29, 0.717) is 5.69 Å². The molecule has 0 radical (unpaired) electrons. The van der Waals surface area contributed by atoms with Gasteiger partial charge in [-0.25, -0.2) is 0 Å². The zero-order chi connectivity index (χ0) is 9.26. The molecule has 5 heteroatoms. The van der Waals surface area contributed by atoms with Crippen LogP contribution >= 0.6 is 11.3 Å². The van der Waals surface area contributed by atoms with Gasteiger partial charge in [0.2, 0.25) is 0 Å². The fourth-order valence-electron chi connectivity index (χ4n) is 1.09. The van der Waals surface area contributed by atoms with Gasteiger partial charge in [-0.1, -0.05) is 5.21 Å². The van der Waals surface area contributed by atoms with Crippen LogP contribution in [0.15, 0.2) is 23.0 Å². The molecule has 0 fully saturated rings. The summed E-state index contributed by atoms with van der Waals surface area (Å²) in [5.74, 6) is 0. The van der Waals surface area contributed by atoms with E-state index in [9.17, 15) is 5.11 Å². The van der Waals surface area contributed by atoms with Crippen molar-refractivity contribution in [1.82, 2.24) is 15.0 Å². The number of aromatic nitrogens is 3. The van der Waals surface area contributed by atoms with E-state index in [1.54, 1.807) is 29.3 Å². The molecule has 2 aromatic rings. The maximum Gasteiger partial charge on any atom is 0.125 e. The van der Waals surface area contributed by atoms with Gasteiger partial charge in [0.25, 0.3) is 0 Å². The Hall–Kier alpha value is -1.20. The topological polar surface area (TPSA) is 50.9 Å². The molecule has 0 bridgehead atoms. The molecule has 0 aliphatic heterocycles. The molecule has 1 N–H and O–H groups in total. The molecule has 1 atom stereocenters. The normalized spacial score (nSPS) is 13.1. The molecular weight excluding hydrogens is 186 g/mol. The van der Waals surface area contributed by atoms with E-state index >= 15 is 0 Å². The number of hydrogen-bond acceptors (Lipinski definition) is 4. The zero-order valence-electron chi connectivity index (χ0n) is 7.08. The molecule has 1 unspecified atom stereocenters. The van der Waals surface area contributed by atoms with Gasteiger partial charge >= 0.3 is 0 Å². The van der Waals surface area contributed by atoms with E-state index in [0.717, 1.165) is 5.56 Å². The number of nitrogens with zero attached hydrogens (tertiary/aromatic N) is 3. The highest BCUT2D eigenvalue weighted by atomic mass is 32.1. The molecule has 0 aromatic carbocycles. The molecule has 0 aliphatic carbocycles. The van der Waals surface area contributed by atoms with E-state index in [1.165, 1.54) is 0 Å². The van der Waals surface area contributed by atoms with Crippen LogP contribution in [0.5, 0.6) is 0 Å². The quantitative estimate of drug-likeness (QED) is 0.776. The van der Waals surface area contributed by atoms with E-state index in [-0.39, 0.29) is 0 Å². The van der Waals surface area contributed by atoms with Gasteiger partial charge in [-0.3, -0.25) is 4.68 Å². The van der Waals surface area contributed by atoms with Crippen molar-refractivity contribution in [2.75, 3.05) is 0 Å². The summed E-state index contributed by atoms with van der Waals surface area (Å²) in [5, 5.41) is 21.2. The van der Waals surface area contributed by atoms with E-state index in [4.69, 9.17) is 0 Å². The molecule has 0 spiro atoms. The van der Waals surface area contributed by atoms with Crippen molar-refractivity contribution < 1.29 is 5.11 Å². The Kier molecular flexibility index (Phi) is 2.12. The van der Waals surface area contributed by atoms with Crippen LogP contribution in [-0.4, -0.2) is 20.1 Å². The number of aryl methyl sites for hydroxylation is 1. The van der Waals surface area contributed by atoms with Crippen molar-refractivity contribution in [2.24, 2.45) is 7.05 Å². The summed E-state index contributed by atoms with van der Waals surface area (Å²) in [4.78, 5) is 0. The number of rotatable bonds is 2. The van der Waals surface area contributed by atoms with Crippen LogP contribution in [0.4, 0.5) is 0 Å². The van der Waals surface area contributed by atoms with Crippen molar-refractivity contribution in [2.45, 2.75) is 6.10 Å². The number of hydrogen-bond donors (Lipinski definition) is 1. The van der Waals surface area contributed by atoms with Gasteiger partial charge in [0.15, 0.2) is 0 Å². The predicted octanol–water partition coefficient (Wildman–Crippen LogP) is 0.958. The summed E-state index contributed by atoms with van der Waals surface area (Å²) in [7, 11) is 1.77. The molecule has 0 saturated heterocycles. The SMILES string of the molecule is Cn1cc(C(O)c2ccsc2)nn1. The van der Waals surface area contributed by atoms with Crippen molar-refractivity contribution in [3.05, 3.63) is 34.3 Å². The zero-order valence-corrected chi connectivity index (χ0v) is 7.90. The summed E-state index contributed by atoms with van der Waals surface area (Å²) >= 11 is 1.55. The lowest BCUT2D eigenvalue weighted by atomic mass is 10.1. The highest BCUT2D eigenvalue weighted by molar-refractivity contribution is 7.07. The second-order valence-corrected chi connectivity index (χ2v) is 3.56. The fraction of sp³-hybridized carbons (Fsp3) is 0.250. The van der Waals surface area contributed by atoms with Crippen molar-refractivity contribution in [1.29, 1.82) is 0 Å². The molecular formula is C8H9N3OS. The standard InChI is InChI=1S/C8H9N3OS/c1-11-4-7(9-10-11)8(12)6-2-3-13-5-6/h2-5,8,12H,1H3. The van der Waals surface area contributed by atoms with Crippen LogP contribution in [0, 0.1) is 0 Å². The van der Waals surface area contributed by atoms with Gasteiger partial charge in [0.05, 0.1) is 6.20 Å². The summed E-state index contributed by atoms with van der Waals surface area (Å²) in [6, 6.07) is 1.88. The van der Waals surface area contributed by atoms with Crippen LogP contribution in [0.3, 0.4) is 0 Å². The Bertz CT molecular complexity index is 382. The first kappa shape index (κ1) is 8.40. The van der Waals surface area contributed by atoms with Crippen molar-refractivity contribution in [3.63, 3.8) is 0 Å². The average Bonchev–Trinajstić information content (AvgIpc) is 2.72. The lowest BCUT2D eigenvalue weighted by Gasteiger charge is -2.02. The molecule has 0 saturated carbocycles. The molecule has 2 rings (SSSR count). The van der Waals surface area contributed by atoms with E-state index in [1.807, 2.05) is 16.8 Å². The smallest absolute Gasteiger partial charge is 0.125 e. The highest BCUT2D eigenvalue weighted by Gasteiger charge is 2.13. The molecule has 0 aliphatic rings. The summed E-state index contributed by atoms with van der Waals surface area (Å²) < 4.78 is 1.57. The minimum atomic E-state index is -0.653. The number of thiophene rings is 1.